The third-order valence-corrected chi connectivity index (χ3v) is 3.96. The largest absolute Gasteiger partial charge is 0.392 e. The first kappa shape index (κ1) is 14.5. The smallest absolute Gasteiger partial charge is 0.0667 e. The van der Waals surface area contributed by atoms with E-state index in [9.17, 15) is 5.11 Å². The van der Waals surface area contributed by atoms with Gasteiger partial charge in [-0.2, -0.15) is 0 Å². The van der Waals surface area contributed by atoms with Crippen LogP contribution in [-0.2, 0) is 6.42 Å². The van der Waals surface area contributed by atoms with Crippen LogP contribution in [0.5, 0.6) is 0 Å². The molecule has 0 fully saturated rings. The summed E-state index contributed by atoms with van der Waals surface area (Å²) in [4.78, 5) is 0. The number of fused-ring (bicyclic) bond motifs is 1. The number of benzene rings is 1. The fourth-order valence-corrected chi connectivity index (χ4v) is 3.04. The molecule has 2 heteroatoms. The van der Waals surface area contributed by atoms with Crippen molar-refractivity contribution < 1.29 is 5.11 Å². The minimum Gasteiger partial charge on any atom is -0.392 e. The van der Waals surface area contributed by atoms with Gasteiger partial charge in [-0.25, -0.2) is 0 Å². The van der Waals surface area contributed by atoms with Gasteiger partial charge in [0, 0.05) is 12.6 Å². The molecule has 2 N–H and O–H groups in total. The van der Waals surface area contributed by atoms with Crippen LogP contribution in [0.15, 0.2) is 24.3 Å². The van der Waals surface area contributed by atoms with Gasteiger partial charge in [-0.15, -0.1) is 0 Å². The Labute approximate surface area is 117 Å². The fraction of sp³-hybridized carbons (Fsp3) is 0.647. The van der Waals surface area contributed by atoms with E-state index in [2.05, 4.69) is 43.4 Å². The van der Waals surface area contributed by atoms with Gasteiger partial charge >= 0.3 is 0 Å². The maximum atomic E-state index is 10.0. The second-order valence-corrected chi connectivity index (χ2v) is 6.19. The Hall–Kier alpha value is -0.860. The minimum absolute atomic E-state index is 0.226. The number of nitrogens with one attached hydrogen (secondary N) is 1. The zero-order valence-corrected chi connectivity index (χ0v) is 12.2. The molecule has 0 aliphatic heterocycles. The van der Waals surface area contributed by atoms with Gasteiger partial charge in [-0.05, 0) is 42.7 Å². The van der Waals surface area contributed by atoms with Gasteiger partial charge < -0.3 is 10.4 Å². The lowest BCUT2D eigenvalue weighted by Crippen LogP contribution is -2.31. The number of aliphatic hydroxyl groups excluding tert-OH is 1. The first-order chi connectivity index (χ1) is 9.16. The van der Waals surface area contributed by atoms with Gasteiger partial charge in [-0.1, -0.05) is 44.5 Å². The molecule has 1 aliphatic rings. The summed E-state index contributed by atoms with van der Waals surface area (Å²) < 4.78 is 0. The van der Waals surface area contributed by atoms with E-state index in [0.717, 1.165) is 6.42 Å². The number of aliphatic hydroxyl groups is 1. The standard InChI is InChI=1S/C17H27NO/c1-13(2)11-15(19)12-18-17-10-6-4-8-14-7-3-5-9-16(14)17/h3,5,7,9,13,15,17-19H,4,6,8,10-12H2,1-2H3. The zero-order chi connectivity index (χ0) is 13.7. The van der Waals surface area contributed by atoms with E-state index < -0.39 is 0 Å². The van der Waals surface area contributed by atoms with Crippen LogP contribution < -0.4 is 5.32 Å². The molecular weight excluding hydrogens is 234 g/mol. The molecule has 0 spiro atoms. The lowest BCUT2D eigenvalue weighted by Gasteiger charge is -2.22. The summed E-state index contributed by atoms with van der Waals surface area (Å²) in [6, 6.07) is 9.17. The van der Waals surface area contributed by atoms with E-state index in [-0.39, 0.29) is 6.10 Å². The van der Waals surface area contributed by atoms with E-state index in [1.54, 1.807) is 0 Å². The molecule has 0 bridgehead atoms. The summed E-state index contributed by atoms with van der Waals surface area (Å²) in [5, 5.41) is 13.6. The minimum atomic E-state index is -0.226. The van der Waals surface area contributed by atoms with Crippen molar-refractivity contribution in [2.24, 2.45) is 5.92 Å². The molecule has 0 radical (unpaired) electrons. The van der Waals surface area contributed by atoms with Gasteiger partial charge in [0.2, 0.25) is 0 Å². The maximum Gasteiger partial charge on any atom is 0.0667 e. The summed E-state index contributed by atoms with van der Waals surface area (Å²) in [5.74, 6) is 0.554. The van der Waals surface area contributed by atoms with Crippen LogP contribution >= 0.6 is 0 Å². The van der Waals surface area contributed by atoms with Crippen LogP contribution in [0.2, 0.25) is 0 Å². The highest BCUT2D eigenvalue weighted by Crippen LogP contribution is 2.28. The molecule has 1 aliphatic carbocycles. The zero-order valence-electron chi connectivity index (χ0n) is 12.2. The first-order valence-corrected chi connectivity index (χ1v) is 7.66. The summed E-state index contributed by atoms with van der Waals surface area (Å²) in [6.45, 7) is 5.02. The van der Waals surface area contributed by atoms with Crippen molar-refractivity contribution in [2.45, 2.75) is 58.1 Å². The summed E-state index contributed by atoms with van der Waals surface area (Å²) in [7, 11) is 0. The van der Waals surface area contributed by atoms with E-state index in [4.69, 9.17) is 0 Å². The average molecular weight is 261 g/mol. The van der Waals surface area contributed by atoms with Crippen LogP contribution in [0, 0.1) is 5.92 Å². The predicted octanol–water partition coefficient (Wildman–Crippen LogP) is 3.45. The molecule has 19 heavy (non-hydrogen) atoms. The fourth-order valence-electron chi connectivity index (χ4n) is 3.04. The van der Waals surface area contributed by atoms with Crippen molar-refractivity contribution in [1.82, 2.24) is 5.32 Å². The van der Waals surface area contributed by atoms with Gasteiger partial charge in [0.15, 0.2) is 0 Å². The SMILES string of the molecule is CC(C)CC(O)CNC1CCCCc2ccccc21. The molecule has 106 valence electrons. The number of hydrogen-bond donors (Lipinski definition) is 2. The third kappa shape index (κ3) is 4.32. The van der Waals surface area contributed by atoms with Crippen molar-refractivity contribution in [3.8, 4) is 0 Å². The number of rotatable bonds is 5. The molecule has 2 atom stereocenters. The average Bonchev–Trinajstić information content (AvgIpc) is 2.58. The Balaban J connectivity index is 1.96. The van der Waals surface area contributed by atoms with Crippen molar-refractivity contribution in [3.63, 3.8) is 0 Å². The van der Waals surface area contributed by atoms with Gasteiger partial charge in [0.1, 0.15) is 0 Å². The van der Waals surface area contributed by atoms with E-state index in [1.807, 2.05) is 0 Å². The van der Waals surface area contributed by atoms with Crippen molar-refractivity contribution in [3.05, 3.63) is 35.4 Å². The highest BCUT2D eigenvalue weighted by Gasteiger charge is 2.18. The number of aryl methyl sites for hydroxylation is 1. The third-order valence-electron chi connectivity index (χ3n) is 3.96. The Morgan fingerprint density at radius 3 is 2.84 bits per heavy atom. The number of hydrogen-bond acceptors (Lipinski definition) is 2. The Morgan fingerprint density at radius 2 is 2.05 bits per heavy atom. The molecule has 0 amide bonds. The monoisotopic (exact) mass is 261 g/mol. The summed E-state index contributed by atoms with van der Waals surface area (Å²) in [6.07, 6.45) is 5.59. The Morgan fingerprint density at radius 1 is 1.26 bits per heavy atom. The van der Waals surface area contributed by atoms with E-state index in [1.165, 1.54) is 36.8 Å². The highest BCUT2D eigenvalue weighted by atomic mass is 16.3. The van der Waals surface area contributed by atoms with Crippen LogP contribution in [0.3, 0.4) is 0 Å². The van der Waals surface area contributed by atoms with Crippen molar-refractivity contribution >= 4 is 0 Å². The molecule has 1 aromatic carbocycles. The lowest BCUT2D eigenvalue weighted by molar-refractivity contribution is 0.142. The summed E-state index contributed by atoms with van der Waals surface area (Å²) in [5.41, 5.74) is 2.92. The molecule has 2 rings (SSSR count). The van der Waals surface area contributed by atoms with Crippen molar-refractivity contribution in [1.29, 1.82) is 0 Å². The van der Waals surface area contributed by atoms with Gasteiger partial charge in [0.25, 0.3) is 0 Å². The molecule has 0 saturated heterocycles. The molecular formula is C17H27NO. The first-order valence-electron chi connectivity index (χ1n) is 7.66. The molecule has 1 aromatic rings. The predicted molar refractivity (Wildman–Crippen MR) is 80.2 cm³/mol. The molecule has 0 heterocycles. The topological polar surface area (TPSA) is 32.3 Å². The van der Waals surface area contributed by atoms with Crippen LogP contribution in [0.1, 0.15) is 56.7 Å². The highest BCUT2D eigenvalue weighted by molar-refractivity contribution is 5.31. The maximum absolute atomic E-state index is 10.0. The second kappa shape index (κ2) is 7.06. The second-order valence-electron chi connectivity index (χ2n) is 6.19. The van der Waals surface area contributed by atoms with E-state index >= 15 is 0 Å². The summed E-state index contributed by atoms with van der Waals surface area (Å²) >= 11 is 0. The van der Waals surface area contributed by atoms with Crippen molar-refractivity contribution in [2.75, 3.05) is 6.54 Å². The quantitative estimate of drug-likeness (QED) is 0.796. The van der Waals surface area contributed by atoms with Gasteiger partial charge in [0.05, 0.1) is 6.10 Å². The molecule has 0 aromatic heterocycles. The Bertz CT molecular complexity index is 389. The van der Waals surface area contributed by atoms with E-state index in [0.29, 0.717) is 18.5 Å². The molecule has 2 unspecified atom stereocenters. The molecule has 2 nitrogen and oxygen atoms in total. The van der Waals surface area contributed by atoms with Crippen LogP contribution in [0.4, 0.5) is 0 Å². The van der Waals surface area contributed by atoms with Crippen LogP contribution in [-0.4, -0.2) is 17.8 Å². The Kier molecular flexibility index (Phi) is 5.41. The lowest BCUT2D eigenvalue weighted by atomic mass is 9.98. The van der Waals surface area contributed by atoms with Crippen LogP contribution in [0.25, 0.3) is 0 Å². The van der Waals surface area contributed by atoms with Gasteiger partial charge in [-0.3, -0.25) is 0 Å². The molecule has 0 saturated carbocycles. The normalized spacial score (nSPS) is 20.9.